The molecule has 1 heterocycles. The van der Waals surface area contributed by atoms with E-state index in [2.05, 4.69) is 5.32 Å². The molecule has 0 saturated heterocycles. The molecule has 2 aromatic rings. The predicted octanol–water partition coefficient (Wildman–Crippen LogP) is 4.24. The van der Waals surface area contributed by atoms with Gasteiger partial charge in [-0.1, -0.05) is 24.3 Å². The third kappa shape index (κ3) is 2.13. The van der Waals surface area contributed by atoms with E-state index in [1.807, 2.05) is 44.2 Å². The second-order valence-corrected chi connectivity index (χ2v) is 5.09. The summed E-state index contributed by atoms with van der Waals surface area (Å²) in [6, 6.07) is 11.4. The van der Waals surface area contributed by atoms with Gasteiger partial charge < -0.3 is 10.1 Å². The van der Waals surface area contributed by atoms with E-state index < -0.39 is 0 Å². The number of para-hydroxylation sites is 1. The van der Waals surface area contributed by atoms with Gasteiger partial charge in [0.15, 0.2) is 0 Å². The number of benzene rings is 2. The van der Waals surface area contributed by atoms with Crippen molar-refractivity contribution in [3.8, 4) is 5.75 Å². The summed E-state index contributed by atoms with van der Waals surface area (Å²) in [6.45, 7) is 4.60. The van der Waals surface area contributed by atoms with Crippen LogP contribution >= 0.6 is 0 Å². The fourth-order valence-electron chi connectivity index (χ4n) is 2.81. The van der Waals surface area contributed by atoms with Crippen LogP contribution in [0.5, 0.6) is 5.75 Å². The first-order valence-electron chi connectivity index (χ1n) is 6.97. The fraction of sp³-hybridized carbons (Fsp3) is 0.294. The molecule has 104 valence electrons. The number of nitrogens with one attached hydrogen (secondary N) is 1. The minimum atomic E-state index is -0.130. The van der Waals surface area contributed by atoms with Crippen LogP contribution in [0.15, 0.2) is 36.4 Å². The molecular weight excluding hydrogens is 253 g/mol. The van der Waals surface area contributed by atoms with Crippen molar-refractivity contribution in [2.45, 2.75) is 26.3 Å². The Morgan fingerprint density at radius 3 is 2.80 bits per heavy atom. The number of ether oxygens (including phenoxy) is 1. The normalized spacial score (nSPS) is 16.6. The van der Waals surface area contributed by atoms with Crippen LogP contribution in [-0.2, 0) is 6.42 Å². The number of anilines is 1. The number of fused-ring (bicyclic) bond motifs is 1. The highest BCUT2D eigenvalue weighted by Crippen LogP contribution is 2.40. The highest BCUT2D eigenvalue weighted by Gasteiger charge is 2.27. The average molecular weight is 271 g/mol. The zero-order chi connectivity index (χ0) is 14.1. The smallest absolute Gasteiger partial charge is 0.128 e. The minimum absolute atomic E-state index is 0.0725. The molecule has 0 aromatic heterocycles. The second kappa shape index (κ2) is 5.16. The summed E-state index contributed by atoms with van der Waals surface area (Å²) in [4.78, 5) is 0. The van der Waals surface area contributed by atoms with Crippen LogP contribution in [0.2, 0.25) is 0 Å². The Bertz CT molecular complexity index is 608. The van der Waals surface area contributed by atoms with Crippen LogP contribution in [0.1, 0.15) is 29.7 Å². The number of halogens is 1. The van der Waals surface area contributed by atoms with Gasteiger partial charge >= 0.3 is 0 Å². The van der Waals surface area contributed by atoms with E-state index >= 15 is 0 Å². The maximum atomic E-state index is 13.9. The molecular formula is C17H18FNO. The van der Waals surface area contributed by atoms with Crippen LogP contribution < -0.4 is 10.1 Å². The van der Waals surface area contributed by atoms with Crippen molar-refractivity contribution in [1.29, 1.82) is 0 Å². The standard InChI is InChI=1S/C17H18FNO/c1-3-20-16-7-5-4-6-12(16)15-10-13-14(18)9-8-11(2)17(13)19-15/h4-9,15,19H,3,10H2,1-2H3. The maximum Gasteiger partial charge on any atom is 0.128 e. The summed E-state index contributed by atoms with van der Waals surface area (Å²) in [6.07, 6.45) is 0.660. The van der Waals surface area contributed by atoms with Gasteiger partial charge in [0.2, 0.25) is 0 Å². The van der Waals surface area contributed by atoms with Gasteiger partial charge in [0.1, 0.15) is 11.6 Å². The van der Waals surface area contributed by atoms with Crippen molar-refractivity contribution in [1.82, 2.24) is 0 Å². The van der Waals surface area contributed by atoms with Crippen molar-refractivity contribution < 1.29 is 9.13 Å². The van der Waals surface area contributed by atoms with Gasteiger partial charge in [-0.15, -0.1) is 0 Å². The van der Waals surface area contributed by atoms with Gasteiger partial charge in [-0.25, -0.2) is 4.39 Å². The van der Waals surface area contributed by atoms with Gasteiger partial charge in [0, 0.05) is 23.2 Å². The molecule has 1 atom stereocenters. The second-order valence-electron chi connectivity index (χ2n) is 5.09. The molecule has 1 aliphatic heterocycles. The molecule has 0 amide bonds. The molecule has 1 unspecified atom stereocenters. The summed E-state index contributed by atoms with van der Waals surface area (Å²) in [5.74, 6) is 0.743. The van der Waals surface area contributed by atoms with Crippen molar-refractivity contribution >= 4 is 5.69 Å². The number of aryl methyl sites for hydroxylation is 1. The predicted molar refractivity (Wildman–Crippen MR) is 78.8 cm³/mol. The van der Waals surface area contributed by atoms with E-state index in [1.54, 1.807) is 6.07 Å². The van der Waals surface area contributed by atoms with E-state index in [4.69, 9.17) is 4.74 Å². The topological polar surface area (TPSA) is 21.3 Å². The highest BCUT2D eigenvalue weighted by atomic mass is 19.1. The maximum absolute atomic E-state index is 13.9. The van der Waals surface area contributed by atoms with Crippen LogP contribution in [0.25, 0.3) is 0 Å². The largest absolute Gasteiger partial charge is 0.494 e. The third-order valence-corrected chi connectivity index (χ3v) is 3.79. The zero-order valence-corrected chi connectivity index (χ0v) is 11.7. The summed E-state index contributed by atoms with van der Waals surface area (Å²) in [7, 11) is 0. The van der Waals surface area contributed by atoms with E-state index in [0.29, 0.717) is 13.0 Å². The molecule has 2 nitrogen and oxygen atoms in total. The molecule has 0 radical (unpaired) electrons. The first-order chi connectivity index (χ1) is 9.70. The first-order valence-corrected chi connectivity index (χ1v) is 6.97. The van der Waals surface area contributed by atoms with Crippen molar-refractivity contribution in [2.75, 3.05) is 11.9 Å². The molecule has 0 bridgehead atoms. The van der Waals surface area contributed by atoms with Gasteiger partial charge in [-0.3, -0.25) is 0 Å². The van der Waals surface area contributed by atoms with Gasteiger partial charge in [0.05, 0.1) is 12.6 Å². The molecule has 1 N–H and O–H groups in total. The number of hydrogen-bond donors (Lipinski definition) is 1. The summed E-state index contributed by atoms with van der Waals surface area (Å²) in [5.41, 5.74) is 3.88. The van der Waals surface area contributed by atoms with E-state index in [0.717, 1.165) is 28.1 Å². The Hall–Kier alpha value is -2.03. The van der Waals surface area contributed by atoms with Crippen LogP contribution in [0.3, 0.4) is 0 Å². The van der Waals surface area contributed by atoms with E-state index in [-0.39, 0.29) is 11.9 Å². The lowest BCUT2D eigenvalue weighted by Crippen LogP contribution is -2.08. The molecule has 0 spiro atoms. The fourth-order valence-corrected chi connectivity index (χ4v) is 2.81. The Morgan fingerprint density at radius 1 is 1.25 bits per heavy atom. The third-order valence-electron chi connectivity index (χ3n) is 3.79. The first kappa shape index (κ1) is 13.0. The number of hydrogen-bond acceptors (Lipinski definition) is 2. The highest BCUT2D eigenvalue weighted by molar-refractivity contribution is 5.64. The lowest BCUT2D eigenvalue weighted by Gasteiger charge is -2.16. The Kier molecular flexibility index (Phi) is 3.35. The quantitative estimate of drug-likeness (QED) is 0.901. The number of rotatable bonds is 3. The summed E-state index contributed by atoms with van der Waals surface area (Å²) < 4.78 is 19.6. The lowest BCUT2D eigenvalue weighted by atomic mass is 10.0. The minimum Gasteiger partial charge on any atom is -0.494 e. The lowest BCUT2D eigenvalue weighted by molar-refractivity contribution is 0.335. The SMILES string of the molecule is CCOc1ccccc1C1Cc2c(F)ccc(C)c2N1. The van der Waals surface area contributed by atoms with Crippen LogP contribution in [-0.4, -0.2) is 6.61 Å². The molecule has 0 fully saturated rings. The molecule has 2 aromatic carbocycles. The van der Waals surface area contributed by atoms with Gasteiger partial charge in [0.25, 0.3) is 0 Å². The van der Waals surface area contributed by atoms with Crippen LogP contribution in [0, 0.1) is 12.7 Å². The van der Waals surface area contributed by atoms with Crippen molar-refractivity contribution in [3.63, 3.8) is 0 Å². The monoisotopic (exact) mass is 271 g/mol. The summed E-state index contributed by atoms with van der Waals surface area (Å²) >= 11 is 0. The molecule has 3 heteroatoms. The van der Waals surface area contributed by atoms with Crippen LogP contribution in [0.4, 0.5) is 10.1 Å². The van der Waals surface area contributed by atoms with Crippen molar-refractivity contribution in [3.05, 3.63) is 58.9 Å². The van der Waals surface area contributed by atoms with Crippen molar-refractivity contribution in [2.24, 2.45) is 0 Å². The molecule has 3 rings (SSSR count). The molecule has 1 aliphatic rings. The molecule has 20 heavy (non-hydrogen) atoms. The average Bonchev–Trinajstić information content (AvgIpc) is 2.90. The van der Waals surface area contributed by atoms with E-state index in [1.165, 1.54) is 0 Å². The Morgan fingerprint density at radius 2 is 2.05 bits per heavy atom. The van der Waals surface area contributed by atoms with E-state index in [9.17, 15) is 4.39 Å². The zero-order valence-electron chi connectivity index (χ0n) is 11.7. The summed E-state index contributed by atoms with van der Waals surface area (Å²) in [5, 5.41) is 3.44. The molecule has 0 aliphatic carbocycles. The van der Waals surface area contributed by atoms with Gasteiger partial charge in [-0.2, -0.15) is 0 Å². The molecule has 0 saturated carbocycles. The Labute approximate surface area is 118 Å². The van der Waals surface area contributed by atoms with Gasteiger partial charge in [-0.05, 0) is 31.5 Å². The Balaban J connectivity index is 1.96.